The number of hydrogen-bond donors (Lipinski definition) is 2. The molecular formula is C20H26N2O5. The standard InChI is InChI=1S/C20H26N2O5/c23-18(13-27-16-8-1-2-9-16)21-15-7-5-6-14(12-15)19(24)22-11-4-3-10-17(22)20(25)26/h5-7,12,16-17H,1-4,8-11,13H2,(H,21,23)(H,25,26). The average Bonchev–Trinajstić information content (AvgIpc) is 3.19. The molecule has 7 nitrogen and oxygen atoms in total. The summed E-state index contributed by atoms with van der Waals surface area (Å²) in [5.41, 5.74) is 0.877. The summed E-state index contributed by atoms with van der Waals surface area (Å²) >= 11 is 0. The highest BCUT2D eigenvalue weighted by Crippen LogP contribution is 2.22. The lowest BCUT2D eigenvalue weighted by atomic mass is 10.0. The number of anilines is 1. The topological polar surface area (TPSA) is 95.9 Å². The molecule has 0 spiro atoms. The van der Waals surface area contributed by atoms with Crippen LogP contribution in [-0.4, -0.2) is 53.1 Å². The lowest BCUT2D eigenvalue weighted by molar-refractivity contribution is -0.143. The number of carbonyl (C=O) groups is 3. The van der Waals surface area contributed by atoms with Crippen LogP contribution in [0.3, 0.4) is 0 Å². The van der Waals surface area contributed by atoms with Gasteiger partial charge < -0.3 is 20.1 Å². The summed E-state index contributed by atoms with van der Waals surface area (Å²) in [6, 6.07) is 5.82. The van der Waals surface area contributed by atoms with E-state index in [9.17, 15) is 19.5 Å². The highest BCUT2D eigenvalue weighted by Gasteiger charge is 2.32. The first-order valence-corrected chi connectivity index (χ1v) is 9.60. The Bertz CT molecular complexity index is 699. The molecule has 0 radical (unpaired) electrons. The molecule has 1 aromatic rings. The number of likely N-dealkylation sites (tertiary alicyclic amines) is 1. The Morgan fingerprint density at radius 3 is 2.59 bits per heavy atom. The molecule has 27 heavy (non-hydrogen) atoms. The Morgan fingerprint density at radius 1 is 1.11 bits per heavy atom. The first kappa shape index (κ1) is 19.4. The van der Waals surface area contributed by atoms with Crippen LogP contribution in [0.4, 0.5) is 5.69 Å². The Kier molecular flexibility index (Phi) is 6.45. The van der Waals surface area contributed by atoms with Crippen LogP contribution < -0.4 is 5.32 Å². The largest absolute Gasteiger partial charge is 0.480 e. The van der Waals surface area contributed by atoms with Crippen LogP contribution in [0.15, 0.2) is 24.3 Å². The molecule has 1 aliphatic heterocycles. The SMILES string of the molecule is O=C(COC1CCCC1)Nc1cccc(C(=O)N2CCCCC2C(=O)O)c1. The van der Waals surface area contributed by atoms with E-state index in [0.717, 1.165) is 38.5 Å². The highest BCUT2D eigenvalue weighted by atomic mass is 16.5. The third kappa shape index (κ3) is 5.07. The number of rotatable bonds is 6. The van der Waals surface area contributed by atoms with Crippen LogP contribution in [0.1, 0.15) is 55.3 Å². The molecule has 1 heterocycles. The van der Waals surface area contributed by atoms with Gasteiger partial charge >= 0.3 is 5.97 Å². The molecule has 7 heteroatoms. The maximum atomic E-state index is 12.8. The number of ether oxygens (including phenoxy) is 1. The van der Waals surface area contributed by atoms with E-state index in [-0.39, 0.29) is 24.5 Å². The Balaban J connectivity index is 1.61. The van der Waals surface area contributed by atoms with Crippen molar-refractivity contribution < 1.29 is 24.2 Å². The summed E-state index contributed by atoms with van der Waals surface area (Å²) in [7, 11) is 0. The van der Waals surface area contributed by atoms with Gasteiger partial charge in [0.1, 0.15) is 12.6 Å². The molecule has 0 aromatic heterocycles. The Morgan fingerprint density at radius 2 is 1.85 bits per heavy atom. The van der Waals surface area contributed by atoms with Crippen LogP contribution in [-0.2, 0) is 14.3 Å². The molecule has 2 fully saturated rings. The molecule has 1 unspecified atom stereocenters. The maximum absolute atomic E-state index is 12.8. The van der Waals surface area contributed by atoms with Gasteiger partial charge in [-0.3, -0.25) is 9.59 Å². The van der Waals surface area contributed by atoms with E-state index in [4.69, 9.17) is 4.74 Å². The van der Waals surface area contributed by atoms with Gasteiger partial charge in [-0.2, -0.15) is 0 Å². The summed E-state index contributed by atoms with van der Waals surface area (Å²) in [6.07, 6.45) is 6.51. The summed E-state index contributed by atoms with van der Waals surface area (Å²) in [6.45, 7) is 0.428. The summed E-state index contributed by atoms with van der Waals surface area (Å²) in [4.78, 5) is 37.7. The van der Waals surface area contributed by atoms with E-state index in [1.807, 2.05) is 0 Å². The minimum Gasteiger partial charge on any atom is -0.480 e. The van der Waals surface area contributed by atoms with Gasteiger partial charge in [0, 0.05) is 17.8 Å². The second kappa shape index (κ2) is 8.99. The minimum absolute atomic E-state index is 0.00391. The van der Waals surface area contributed by atoms with Gasteiger partial charge in [0.15, 0.2) is 0 Å². The quantitative estimate of drug-likeness (QED) is 0.798. The number of hydrogen-bond acceptors (Lipinski definition) is 4. The lowest BCUT2D eigenvalue weighted by Crippen LogP contribution is -2.48. The van der Waals surface area contributed by atoms with Crippen LogP contribution in [0, 0.1) is 0 Å². The molecular weight excluding hydrogens is 348 g/mol. The normalized spacial score (nSPS) is 20.4. The zero-order valence-electron chi connectivity index (χ0n) is 15.4. The van der Waals surface area contributed by atoms with Gasteiger partial charge in [-0.25, -0.2) is 4.79 Å². The van der Waals surface area contributed by atoms with E-state index in [1.165, 1.54) is 4.90 Å². The van der Waals surface area contributed by atoms with Crippen molar-refractivity contribution in [2.75, 3.05) is 18.5 Å². The second-order valence-corrected chi connectivity index (χ2v) is 7.19. The van der Waals surface area contributed by atoms with Gasteiger partial charge in [0.2, 0.25) is 5.91 Å². The molecule has 2 aliphatic rings. The van der Waals surface area contributed by atoms with E-state index in [1.54, 1.807) is 24.3 Å². The van der Waals surface area contributed by atoms with E-state index in [2.05, 4.69) is 5.32 Å². The van der Waals surface area contributed by atoms with Crippen molar-refractivity contribution in [3.63, 3.8) is 0 Å². The number of carboxylic acid groups (broad SMARTS) is 1. The molecule has 1 saturated carbocycles. The smallest absolute Gasteiger partial charge is 0.326 e. The molecule has 0 bridgehead atoms. The van der Waals surface area contributed by atoms with Crippen molar-refractivity contribution in [1.82, 2.24) is 4.90 Å². The van der Waals surface area contributed by atoms with Gasteiger partial charge in [-0.05, 0) is 50.3 Å². The van der Waals surface area contributed by atoms with Crippen LogP contribution >= 0.6 is 0 Å². The number of benzene rings is 1. The summed E-state index contributed by atoms with van der Waals surface area (Å²) in [5, 5.41) is 12.1. The third-order valence-electron chi connectivity index (χ3n) is 5.19. The van der Waals surface area contributed by atoms with E-state index < -0.39 is 12.0 Å². The van der Waals surface area contributed by atoms with Gasteiger partial charge in [0.25, 0.3) is 5.91 Å². The molecule has 1 saturated heterocycles. The first-order valence-electron chi connectivity index (χ1n) is 9.60. The van der Waals surface area contributed by atoms with E-state index in [0.29, 0.717) is 24.2 Å². The van der Waals surface area contributed by atoms with Crippen LogP contribution in [0.2, 0.25) is 0 Å². The summed E-state index contributed by atoms with van der Waals surface area (Å²) < 4.78 is 5.60. The van der Waals surface area contributed by atoms with Crippen LogP contribution in [0.25, 0.3) is 0 Å². The van der Waals surface area contributed by atoms with Gasteiger partial charge in [-0.15, -0.1) is 0 Å². The fraction of sp³-hybridized carbons (Fsp3) is 0.550. The number of nitrogens with one attached hydrogen (secondary N) is 1. The van der Waals surface area contributed by atoms with Crippen LogP contribution in [0.5, 0.6) is 0 Å². The summed E-state index contributed by atoms with van der Waals surface area (Å²) in [5.74, 6) is -1.55. The molecule has 146 valence electrons. The van der Waals surface area contributed by atoms with Gasteiger partial charge in [-0.1, -0.05) is 18.9 Å². The van der Waals surface area contributed by atoms with Crippen molar-refractivity contribution in [3.8, 4) is 0 Å². The minimum atomic E-state index is -0.975. The monoisotopic (exact) mass is 374 g/mol. The highest BCUT2D eigenvalue weighted by molar-refractivity contribution is 5.99. The fourth-order valence-corrected chi connectivity index (χ4v) is 3.77. The van der Waals surface area contributed by atoms with Crippen molar-refractivity contribution in [2.24, 2.45) is 0 Å². The fourth-order valence-electron chi connectivity index (χ4n) is 3.77. The second-order valence-electron chi connectivity index (χ2n) is 7.19. The zero-order chi connectivity index (χ0) is 19.2. The predicted molar refractivity (Wildman–Crippen MR) is 99.6 cm³/mol. The number of aliphatic carboxylic acids is 1. The van der Waals surface area contributed by atoms with Crippen molar-refractivity contribution in [3.05, 3.63) is 29.8 Å². The van der Waals surface area contributed by atoms with Gasteiger partial charge in [0.05, 0.1) is 6.10 Å². The average molecular weight is 374 g/mol. The van der Waals surface area contributed by atoms with Crippen molar-refractivity contribution in [1.29, 1.82) is 0 Å². The Labute approximate surface area is 158 Å². The number of piperidine rings is 1. The zero-order valence-corrected chi connectivity index (χ0v) is 15.4. The Hall–Kier alpha value is -2.41. The van der Waals surface area contributed by atoms with Crippen molar-refractivity contribution in [2.45, 2.75) is 57.1 Å². The molecule has 1 aromatic carbocycles. The number of carboxylic acids is 1. The lowest BCUT2D eigenvalue weighted by Gasteiger charge is -2.33. The number of nitrogens with zero attached hydrogens (tertiary/aromatic N) is 1. The first-order chi connectivity index (χ1) is 13.0. The molecule has 1 atom stereocenters. The van der Waals surface area contributed by atoms with Crippen molar-refractivity contribution >= 4 is 23.5 Å². The molecule has 2 amide bonds. The third-order valence-corrected chi connectivity index (χ3v) is 5.19. The molecule has 3 rings (SSSR count). The number of carbonyl (C=O) groups excluding carboxylic acids is 2. The maximum Gasteiger partial charge on any atom is 0.326 e. The number of amides is 2. The molecule has 1 aliphatic carbocycles. The van der Waals surface area contributed by atoms with E-state index >= 15 is 0 Å². The predicted octanol–water partition coefficient (Wildman–Crippen LogP) is 2.66. The molecule has 2 N–H and O–H groups in total.